The van der Waals surface area contributed by atoms with Crippen LogP contribution in [0.3, 0.4) is 0 Å². The topological polar surface area (TPSA) is 18.5 Å². The van der Waals surface area contributed by atoms with E-state index in [0.717, 1.165) is 5.92 Å². The highest BCUT2D eigenvalue weighted by Crippen LogP contribution is 2.56. The molecule has 2 bridgehead atoms. The van der Waals surface area contributed by atoms with E-state index in [-0.39, 0.29) is 12.4 Å². The summed E-state index contributed by atoms with van der Waals surface area (Å²) < 4.78 is 10.7. The van der Waals surface area contributed by atoms with Gasteiger partial charge in [0, 0.05) is 19.5 Å². The monoisotopic (exact) mass is 166 g/mol. The molecule has 2 atom stereocenters. The predicted molar refractivity (Wildman–Crippen MR) is 48.9 cm³/mol. The molecule has 3 heteroatoms. The van der Waals surface area contributed by atoms with E-state index in [4.69, 9.17) is 9.31 Å². The first-order chi connectivity index (χ1) is 5.80. The summed E-state index contributed by atoms with van der Waals surface area (Å²) >= 11 is 0. The van der Waals surface area contributed by atoms with Gasteiger partial charge in [-0.25, -0.2) is 0 Å². The van der Waals surface area contributed by atoms with Crippen molar-refractivity contribution in [3.05, 3.63) is 12.2 Å². The maximum absolute atomic E-state index is 5.33. The van der Waals surface area contributed by atoms with Crippen molar-refractivity contribution < 1.29 is 9.31 Å². The molecule has 1 saturated carbocycles. The molecular weight excluding hydrogens is 151 g/mol. The van der Waals surface area contributed by atoms with Crippen LogP contribution in [0.5, 0.6) is 0 Å². The molecular formula is C9H15BO2. The Balaban J connectivity index is 2.15. The number of hydrogen-bond donors (Lipinski definition) is 0. The minimum absolute atomic E-state index is 0.0405. The van der Waals surface area contributed by atoms with Crippen molar-refractivity contribution in [2.75, 3.05) is 14.2 Å². The largest absolute Gasteiger partial charge is 0.467 e. The smallest absolute Gasteiger partial charge is 0.413 e. The molecule has 2 aliphatic carbocycles. The van der Waals surface area contributed by atoms with Crippen LogP contribution in [0, 0.1) is 5.92 Å². The van der Waals surface area contributed by atoms with Crippen molar-refractivity contribution in [1.29, 1.82) is 0 Å². The highest BCUT2D eigenvalue weighted by atomic mass is 16.6. The van der Waals surface area contributed by atoms with Crippen LogP contribution in [-0.4, -0.2) is 21.3 Å². The lowest BCUT2D eigenvalue weighted by atomic mass is 9.57. The average Bonchev–Trinajstić information content (AvgIpc) is 2.66. The van der Waals surface area contributed by atoms with Gasteiger partial charge in [-0.15, -0.1) is 0 Å². The molecule has 0 aromatic rings. The van der Waals surface area contributed by atoms with Crippen LogP contribution in [0.2, 0.25) is 5.31 Å². The van der Waals surface area contributed by atoms with E-state index >= 15 is 0 Å². The first-order valence-electron chi connectivity index (χ1n) is 4.56. The van der Waals surface area contributed by atoms with Gasteiger partial charge in [0.2, 0.25) is 0 Å². The van der Waals surface area contributed by atoms with Crippen LogP contribution in [-0.2, 0) is 9.31 Å². The second-order valence-corrected chi connectivity index (χ2v) is 3.90. The zero-order chi connectivity index (χ0) is 8.60. The second kappa shape index (κ2) is 2.89. The van der Waals surface area contributed by atoms with E-state index in [0.29, 0.717) is 0 Å². The van der Waals surface area contributed by atoms with E-state index < -0.39 is 0 Å². The predicted octanol–water partition coefficient (Wildman–Crippen LogP) is 1.88. The van der Waals surface area contributed by atoms with Gasteiger partial charge in [-0.1, -0.05) is 12.2 Å². The third-order valence-electron chi connectivity index (χ3n) is 3.22. The van der Waals surface area contributed by atoms with Crippen molar-refractivity contribution in [3.8, 4) is 0 Å². The zero-order valence-corrected chi connectivity index (χ0v) is 7.75. The van der Waals surface area contributed by atoms with E-state index in [2.05, 4.69) is 12.2 Å². The molecule has 0 N–H and O–H groups in total. The lowest BCUT2D eigenvalue weighted by molar-refractivity contribution is 0.251. The first kappa shape index (κ1) is 8.33. The normalized spacial score (nSPS) is 37.7. The average molecular weight is 166 g/mol. The molecule has 66 valence electrons. The van der Waals surface area contributed by atoms with Crippen molar-refractivity contribution in [2.45, 2.75) is 24.6 Å². The Bertz CT molecular complexity index is 201. The molecule has 1 fully saturated rings. The Labute approximate surface area is 74.1 Å². The van der Waals surface area contributed by atoms with Crippen molar-refractivity contribution in [2.24, 2.45) is 5.92 Å². The summed E-state index contributed by atoms with van der Waals surface area (Å²) in [7, 11) is 3.41. The van der Waals surface area contributed by atoms with Gasteiger partial charge < -0.3 is 9.31 Å². The summed E-state index contributed by atoms with van der Waals surface area (Å²) in [4.78, 5) is 0. The van der Waals surface area contributed by atoms with Crippen molar-refractivity contribution >= 4 is 7.12 Å². The van der Waals surface area contributed by atoms with E-state index in [1.54, 1.807) is 14.2 Å². The van der Waals surface area contributed by atoms with Gasteiger partial charge in [-0.05, 0) is 25.2 Å². The van der Waals surface area contributed by atoms with Crippen LogP contribution in [0.25, 0.3) is 0 Å². The first-order valence-corrected chi connectivity index (χ1v) is 4.56. The Morgan fingerprint density at radius 3 is 2.50 bits per heavy atom. The summed E-state index contributed by atoms with van der Waals surface area (Å²) in [6.45, 7) is 0. The molecule has 0 aromatic heterocycles. The molecule has 0 amide bonds. The minimum atomic E-state index is -0.0405. The Hall–Kier alpha value is -0.275. The third-order valence-corrected chi connectivity index (χ3v) is 3.22. The van der Waals surface area contributed by atoms with Gasteiger partial charge in [-0.2, -0.15) is 0 Å². The van der Waals surface area contributed by atoms with E-state index in [1.807, 2.05) is 0 Å². The van der Waals surface area contributed by atoms with Crippen LogP contribution in [0.1, 0.15) is 19.3 Å². The van der Waals surface area contributed by atoms with Gasteiger partial charge in [0.05, 0.1) is 0 Å². The standard InChI is InChI=1S/C9H15BO2/c1-11-10(12-2)9-5-3-8(7-9)4-6-9/h3,5,8H,4,6-7H2,1-2H3. The fourth-order valence-corrected chi connectivity index (χ4v) is 2.65. The maximum atomic E-state index is 5.33. The molecule has 0 heterocycles. The third kappa shape index (κ3) is 1.04. The summed E-state index contributed by atoms with van der Waals surface area (Å²) in [6.07, 6.45) is 8.35. The lowest BCUT2D eigenvalue weighted by Crippen LogP contribution is -2.33. The van der Waals surface area contributed by atoms with Crippen LogP contribution in [0.4, 0.5) is 0 Å². The molecule has 0 spiro atoms. The van der Waals surface area contributed by atoms with Crippen LogP contribution in [0.15, 0.2) is 12.2 Å². The van der Waals surface area contributed by atoms with Crippen molar-refractivity contribution in [1.82, 2.24) is 0 Å². The lowest BCUT2D eigenvalue weighted by Gasteiger charge is -2.26. The van der Waals surface area contributed by atoms with Crippen molar-refractivity contribution in [3.63, 3.8) is 0 Å². The SMILES string of the molecule is COB(OC)C12C=CC(CC1)C2. The van der Waals surface area contributed by atoms with Gasteiger partial charge in [0.1, 0.15) is 0 Å². The number of fused-ring (bicyclic) bond motifs is 2. The maximum Gasteiger partial charge on any atom is 0.467 e. The molecule has 0 aliphatic heterocycles. The molecule has 0 saturated heterocycles. The molecule has 2 aliphatic rings. The van der Waals surface area contributed by atoms with Crippen LogP contribution < -0.4 is 0 Å². The minimum Gasteiger partial charge on any atom is -0.413 e. The highest BCUT2D eigenvalue weighted by Gasteiger charge is 2.50. The summed E-state index contributed by atoms with van der Waals surface area (Å²) in [5, 5.41) is 0.203. The summed E-state index contributed by atoms with van der Waals surface area (Å²) in [5.74, 6) is 0.790. The van der Waals surface area contributed by atoms with E-state index in [1.165, 1.54) is 19.3 Å². The molecule has 12 heavy (non-hydrogen) atoms. The van der Waals surface area contributed by atoms with E-state index in [9.17, 15) is 0 Å². The van der Waals surface area contributed by atoms with Crippen LogP contribution >= 0.6 is 0 Å². The quantitative estimate of drug-likeness (QED) is 0.470. The molecule has 0 aromatic carbocycles. The summed E-state index contributed by atoms with van der Waals surface area (Å²) in [6, 6.07) is 0. The van der Waals surface area contributed by atoms with Gasteiger partial charge in [0.15, 0.2) is 0 Å². The van der Waals surface area contributed by atoms with Gasteiger partial charge >= 0.3 is 7.12 Å². The highest BCUT2D eigenvalue weighted by molar-refractivity contribution is 6.49. The Kier molecular flexibility index (Phi) is 2.01. The molecule has 2 nitrogen and oxygen atoms in total. The molecule has 2 rings (SSSR count). The number of allylic oxidation sites excluding steroid dienone is 2. The van der Waals surface area contributed by atoms with Gasteiger partial charge in [0.25, 0.3) is 0 Å². The summed E-state index contributed by atoms with van der Waals surface area (Å²) in [5.41, 5.74) is 0. The zero-order valence-electron chi connectivity index (χ0n) is 7.75. The Morgan fingerprint density at radius 1 is 1.42 bits per heavy atom. The molecule has 2 unspecified atom stereocenters. The number of rotatable bonds is 3. The Morgan fingerprint density at radius 2 is 2.17 bits per heavy atom. The number of hydrogen-bond acceptors (Lipinski definition) is 2. The van der Waals surface area contributed by atoms with Gasteiger partial charge in [-0.3, -0.25) is 0 Å². The second-order valence-electron chi connectivity index (χ2n) is 3.90. The fraction of sp³-hybridized carbons (Fsp3) is 0.778. The molecule has 0 radical (unpaired) electrons. The fourth-order valence-electron chi connectivity index (χ4n) is 2.65.